The van der Waals surface area contributed by atoms with Crippen LogP contribution in [0.5, 0.6) is 5.75 Å². The Labute approximate surface area is 232 Å². The lowest BCUT2D eigenvalue weighted by Gasteiger charge is -2.39. The van der Waals surface area contributed by atoms with E-state index in [0.717, 1.165) is 44.1 Å². The van der Waals surface area contributed by atoms with Gasteiger partial charge in [-0.15, -0.1) is 0 Å². The lowest BCUT2D eigenvalue weighted by molar-refractivity contribution is -0.162. The zero-order chi connectivity index (χ0) is 28.4. The SMILES string of the molecule is CCCCCCCCCOc1ccc(-c2ccc(C(C)[C@H](C)[C@](F)(C(=O)O)C3CCCCC3)cc2)c(F)c1F. The van der Waals surface area contributed by atoms with Crippen LogP contribution in [0.4, 0.5) is 13.2 Å². The first kappa shape index (κ1) is 31.0. The van der Waals surface area contributed by atoms with Gasteiger partial charge in [-0.3, -0.25) is 0 Å². The summed E-state index contributed by atoms with van der Waals surface area (Å²) in [5.41, 5.74) is -0.930. The number of aliphatic carboxylic acids is 1. The molecular weight excluding hydrogens is 501 g/mol. The number of halogens is 3. The zero-order valence-corrected chi connectivity index (χ0v) is 23.8. The number of hydrogen-bond acceptors (Lipinski definition) is 2. The Bertz CT molecular complexity index is 1050. The van der Waals surface area contributed by atoms with Crippen molar-refractivity contribution in [3.63, 3.8) is 0 Å². The van der Waals surface area contributed by atoms with Crippen molar-refractivity contribution in [1.29, 1.82) is 0 Å². The number of hydrogen-bond donors (Lipinski definition) is 1. The summed E-state index contributed by atoms with van der Waals surface area (Å²) in [7, 11) is 0. The van der Waals surface area contributed by atoms with Gasteiger partial charge in [-0.2, -0.15) is 4.39 Å². The fourth-order valence-corrected chi connectivity index (χ4v) is 5.99. The minimum absolute atomic E-state index is 0.0861. The highest BCUT2D eigenvalue weighted by molar-refractivity contribution is 5.78. The van der Waals surface area contributed by atoms with Gasteiger partial charge < -0.3 is 9.84 Å². The topological polar surface area (TPSA) is 46.5 Å². The van der Waals surface area contributed by atoms with Crippen LogP contribution in [-0.2, 0) is 4.79 Å². The standard InChI is InChI=1S/C33H45F3O3/c1-4-5-6-7-8-9-13-22-39-29-21-20-28(30(34)31(29)35)26-18-16-25(17-19-26)23(2)24(3)33(36,32(37)38)27-14-11-10-12-15-27/h16-21,23-24,27H,4-15,22H2,1-3H3,(H,37,38)/t23?,24-,33+/m0/s1. The number of carboxylic acids is 1. The molecule has 1 aliphatic carbocycles. The highest BCUT2D eigenvalue weighted by Gasteiger charge is 2.52. The Balaban J connectivity index is 1.64. The minimum atomic E-state index is -2.31. The predicted octanol–water partition coefficient (Wildman–Crippen LogP) is 9.87. The molecule has 2 aromatic rings. The van der Waals surface area contributed by atoms with E-state index in [2.05, 4.69) is 6.92 Å². The van der Waals surface area contributed by atoms with E-state index in [-0.39, 0.29) is 17.2 Å². The van der Waals surface area contributed by atoms with Gasteiger partial charge in [0.05, 0.1) is 6.61 Å². The number of rotatable bonds is 15. The van der Waals surface area contributed by atoms with Gasteiger partial charge in [0.25, 0.3) is 0 Å². The average Bonchev–Trinajstić information content (AvgIpc) is 2.96. The normalized spacial score (nSPS) is 17.4. The van der Waals surface area contributed by atoms with Crippen molar-refractivity contribution >= 4 is 5.97 Å². The van der Waals surface area contributed by atoms with Crippen LogP contribution in [-0.4, -0.2) is 23.4 Å². The number of alkyl halides is 1. The maximum Gasteiger partial charge on any atom is 0.342 e. The molecule has 0 aliphatic heterocycles. The molecule has 3 rings (SSSR count). The Morgan fingerprint density at radius 2 is 1.54 bits per heavy atom. The van der Waals surface area contributed by atoms with E-state index in [1.165, 1.54) is 37.8 Å². The molecule has 3 nitrogen and oxygen atoms in total. The van der Waals surface area contributed by atoms with Gasteiger partial charge in [0.2, 0.25) is 11.5 Å². The van der Waals surface area contributed by atoms with Crippen LogP contribution in [0.1, 0.15) is 109 Å². The molecule has 0 bridgehead atoms. The van der Waals surface area contributed by atoms with Gasteiger partial charge >= 0.3 is 5.97 Å². The van der Waals surface area contributed by atoms with Crippen molar-refractivity contribution in [2.24, 2.45) is 11.8 Å². The molecule has 0 radical (unpaired) electrons. The summed E-state index contributed by atoms with van der Waals surface area (Å²) in [4.78, 5) is 12.1. The molecule has 0 saturated heterocycles. The van der Waals surface area contributed by atoms with E-state index in [9.17, 15) is 18.7 Å². The molecular formula is C33H45F3O3. The van der Waals surface area contributed by atoms with Crippen LogP contribution in [0.3, 0.4) is 0 Å². The van der Waals surface area contributed by atoms with Gasteiger partial charge in [0, 0.05) is 17.4 Å². The second-order valence-electron chi connectivity index (χ2n) is 11.3. The third kappa shape index (κ3) is 7.58. The van der Waals surface area contributed by atoms with Crippen molar-refractivity contribution < 1.29 is 27.8 Å². The Kier molecular flexibility index (Phi) is 11.7. The zero-order valence-electron chi connectivity index (χ0n) is 23.8. The highest BCUT2D eigenvalue weighted by Crippen LogP contribution is 2.45. The Morgan fingerprint density at radius 3 is 2.15 bits per heavy atom. The van der Waals surface area contributed by atoms with E-state index in [0.29, 0.717) is 25.0 Å². The number of unbranched alkanes of at least 4 members (excludes halogenated alkanes) is 6. The first-order valence-corrected chi connectivity index (χ1v) is 14.8. The monoisotopic (exact) mass is 546 g/mol. The Morgan fingerprint density at radius 1 is 0.923 bits per heavy atom. The molecule has 1 N–H and O–H groups in total. The first-order chi connectivity index (χ1) is 18.7. The highest BCUT2D eigenvalue weighted by atomic mass is 19.2. The van der Waals surface area contributed by atoms with Crippen molar-refractivity contribution in [2.75, 3.05) is 6.61 Å². The van der Waals surface area contributed by atoms with Gasteiger partial charge in [0.15, 0.2) is 11.6 Å². The smallest absolute Gasteiger partial charge is 0.342 e. The second-order valence-corrected chi connectivity index (χ2v) is 11.3. The maximum absolute atomic E-state index is 16.1. The third-order valence-corrected chi connectivity index (χ3v) is 8.74. The number of carboxylic acid groups (broad SMARTS) is 1. The molecule has 0 spiro atoms. The predicted molar refractivity (Wildman–Crippen MR) is 151 cm³/mol. The van der Waals surface area contributed by atoms with Crippen molar-refractivity contribution in [1.82, 2.24) is 0 Å². The van der Waals surface area contributed by atoms with Crippen molar-refractivity contribution in [2.45, 2.75) is 109 Å². The van der Waals surface area contributed by atoms with Gasteiger partial charge in [-0.05, 0) is 48.4 Å². The minimum Gasteiger partial charge on any atom is -0.490 e. The molecule has 1 aliphatic rings. The molecule has 1 saturated carbocycles. The molecule has 39 heavy (non-hydrogen) atoms. The molecule has 1 fully saturated rings. The number of ether oxygens (including phenoxy) is 1. The summed E-state index contributed by atoms with van der Waals surface area (Å²) in [6, 6.07) is 9.83. The summed E-state index contributed by atoms with van der Waals surface area (Å²) >= 11 is 0. The third-order valence-electron chi connectivity index (χ3n) is 8.74. The number of carbonyl (C=O) groups is 1. The van der Waals surface area contributed by atoms with Crippen LogP contribution in [0.15, 0.2) is 36.4 Å². The lowest BCUT2D eigenvalue weighted by atomic mass is 9.67. The van der Waals surface area contributed by atoms with E-state index >= 15 is 4.39 Å². The average molecular weight is 547 g/mol. The molecule has 216 valence electrons. The molecule has 0 amide bonds. The molecule has 0 heterocycles. The quantitative estimate of drug-likeness (QED) is 0.226. The summed E-state index contributed by atoms with van der Waals surface area (Å²) in [5.74, 6) is -5.06. The van der Waals surface area contributed by atoms with Crippen molar-refractivity contribution in [3.05, 3.63) is 53.6 Å². The van der Waals surface area contributed by atoms with Gasteiger partial charge in [-0.25, -0.2) is 13.6 Å². The fraction of sp³-hybridized carbons (Fsp3) is 0.606. The second kappa shape index (κ2) is 14.8. The fourth-order valence-electron chi connectivity index (χ4n) is 5.99. The van der Waals surface area contributed by atoms with Crippen LogP contribution in [0, 0.1) is 23.5 Å². The molecule has 2 aromatic carbocycles. The van der Waals surface area contributed by atoms with Gasteiger partial charge in [-0.1, -0.05) is 103 Å². The van der Waals surface area contributed by atoms with Crippen LogP contribution in [0.2, 0.25) is 0 Å². The molecule has 6 heteroatoms. The summed E-state index contributed by atoms with van der Waals surface area (Å²) < 4.78 is 51.3. The van der Waals surface area contributed by atoms with Gasteiger partial charge in [0.1, 0.15) is 0 Å². The first-order valence-electron chi connectivity index (χ1n) is 14.8. The van der Waals surface area contributed by atoms with Crippen molar-refractivity contribution in [3.8, 4) is 16.9 Å². The number of benzene rings is 2. The molecule has 0 aromatic heterocycles. The van der Waals surface area contributed by atoms with Crippen LogP contribution < -0.4 is 4.74 Å². The van der Waals surface area contributed by atoms with Crippen LogP contribution >= 0.6 is 0 Å². The summed E-state index contributed by atoms with van der Waals surface area (Å²) in [6.07, 6.45) is 11.7. The summed E-state index contributed by atoms with van der Waals surface area (Å²) in [5, 5.41) is 9.88. The lowest BCUT2D eigenvalue weighted by Crippen LogP contribution is -2.49. The van der Waals surface area contributed by atoms with E-state index in [4.69, 9.17) is 4.74 Å². The largest absolute Gasteiger partial charge is 0.490 e. The van der Waals surface area contributed by atoms with E-state index in [1.807, 2.05) is 6.92 Å². The van der Waals surface area contributed by atoms with E-state index in [1.54, 1.807) is 31.2 Å². The molecule has 3 atom stereocenters. The van der Waals surface area contributed by atoms with E-state index < -0.39 is 35.1 Å². The van der Waals surface area contributed by atoms with Crippen LogP contribution in [0.25, 0.3) is 11.1 Å². The molecule has 1 unspecified atom stereocenters. The maximum atomic E-state index is 16.1. The Hall–Kier alpha value is -2.50. The summed E-state index contributed by atoms with van der Waals surface area (Å²) in [6.45, 7) is 6.03.